The van der Waals surface area contributed by atoms with Gasteiger partial charge in [-0.15, -0.1) is 0 Å². The van der Waals surface area contributed by atoms with E-state index in [9.17, 15) is 9.90 Å². The van der Waals surface area contributed by atoms with E-state index in [1.54, 1.807) is 16.8 Å². The number of rotatable bonds is 6. The van der Waals surface area contributed by atoms with E-state index in [4.69, 9.17) is 0 Å². The molecule has 0 saturated heterocycles. The van der Waals surface area contributed by atoms with Crippen LogP contribution in [0.2, 0.25) is 0 Å². The molecular formula is C21H22N8O2. The maximum atomic E-state index is 11.5. The fourth-order valence-corrected chi connectivity index (χ4v) is 3.41. The third kappa shape index (κ3) is 3.91. The molecule has 1 fully saturated rings. The van der Waals surface area contributed by atoms with Gasteiger partial charge in [-0.1, -0.05) is 37.3 Å². The number of H-pyrrole nitrogens is 2. The molecule has 0 radical (unpaired) electrons. The summed E-state index contributed by atoms with van der Waals surface area (Å²) < 4.78 is 1.58. The Kier molecular flexibility index (Phi) is 4.73. The van der Waals surface area contributed by atoms with Crippen molar-refractivity contribution in [3.8, 4) is 5.88 Å². The Morgan fingerprint density at radius 2 is 2.10 bits per heavy atom. The second kappa shape index (κ2) is 7.71. The van der Waals surface area contributed by atoms with Gasteiger partial charge >= 0.3 is 5.69 Å². The molecular weight excluding hydrogens is 396 g/mol. The Morgan fingerprint density at radius 1 is 1.29 bits per heavy atom. The summed E-state index contributed by atoms with van der Waals surface area (Å²) in [5.74, 6) is 0.208. The van der Waals surface area contributed by atoms with Crippen LogP contribution in [0.3, 0.4) is 0 Å². The van der Waals surface area contributed by atoms with Gasteiger partial charge in [-0.3, -0.25) is 4.98 Å². The van der Waals surface area contributed by atoms with Crippen LogP contribution in [-0.2, 0) is 0 Å². The first-order valence-corrected chi connectivity index (χ1v) is 10.2. The molecule has 158 valence electrons. The lowest BCUT2D eigenvalue weighted by molar-refractivity contribution is 0.454. The van der Waals surface area contributed by atoms with Crippen molar-refractivity contribution in [1.29, 1.82) is 0 Å². The summed E-state index contributed by atoms with van der Waals surface area (Å²) in [6.07, 6.45) is 6.15. The van der Waals surface area contributed by atoms with Gasteiger partial charge in [0.25, 0.3) is 5.62 Å². The molecule has 3 aromatic heterocycles. The van der Waals surface area contributed by atoms with Crippen molar-refractivity contribution >= 4 is 17.7 Å². The lowest BCUT2D eigenvalue weighted by Gasteiger charge is -2.17. The van der Waals surface area contributed by atoms with E-state index in [2.05, 4.69) is 54.4 Å². The molecule has 4 aromatic rings. The molecule has 0 spiro atoms. The Bertz CT molecular complexity index is 1400. The number of fused-ring (bicyclic) bond motifs is 1. The van der Waals surface area contributed by atoms with E-state index in [0.29, 0.717) is 22.4 Å². The first-order valence-electron chi connectivity index (χ1n) is 10.2. The Morgan fingerprint density at radius 3 is 2.77 bits per heavy atom. The van der Waals surface area contributed by atoms with Gasteiger partial charge in [0.1, 0.15) is 5.69 Å². The minimum Gasteiger partial charge on any atom is -0.493 e. The second-order valence-electron chi connectivity index (χ2n) is 7.54. The maximum absolute atomic E-state index is 11.5. The van der Waals surface area contributed by atoms with Crippen LogP contribution in [0.15, 0.2) is 46.3 Å². The highest BCUT2D eigenvalue weighted by Gasteiger charge is 2.21. The molecule has 0 bridgehead atoms. The number of aromatic nitrogens is 6. The first kappa shape index (κ1) is 19.0. The summed E-state index contributed by atoms with van der Waals surface area (Å²) in [5.41, 5.74) is 1.91. The van der Waals surface area contributed by atoms with E-state index in [1.807, 2.05) is 18.2 Å². The molecule has 31 heavy (non-hydrogen) atoms. The Balaban J connectivity index is 1.64. The number of anilines is 1. The standard InChI is InChI=1S/C21H22N8O2/c1-2-15(12-6-4-3-5-7-12)24-19-26-17-13(10-16-18(30)27-21(31)25-16)11-22-29(17)20(28-19)23-14-8-9-14/h3-7,10-11,14-15,30H,2,8-9H2,1H3,(H,23,24,28)(H2,25,27,31)/b13-10+/t15-/m1/s1. The largest absolute Gasteiger partial charge is 0.493 e. The summed E-state index contributed by atoms with van der Waals surface area (Å²) in [5, 5.41) is 18.3. The molecule has 10 nitrogen and oxygen atoms in total. The fraction of sp³-hybridized carbons (Fsp3) is 0.286. The summed E-state index contributed by atoms with van der Waals surface area (Å²) in [6.45, 7) is 2.10. The zero-order valence-corrected chi connectivity index (χ0v) is 16.9. The van der Waals surface area contributed by atoms with Crippen LogP contribution in [-0.4, -0.2) is 40.7 Å². The molecule has 0 aliphatic heterocycles. The van der Waals surface area contributed by atoms with Gasteiger partial charge in [-0.25, -0.2) is 9.79 Å². The van der Waals surface area contributed by atoms with Gasteiger partial charge in [0.2, 0.25) is 11.8 Å². The summed E-state index contributed by atoms with van der Waals surface area (Å²) in [4.78, 5) is 30.3. The quantitative estimate of drug-likeness (QED) is 0.369. The van der Waals surface area contributed by atoms with Crippen molar-refractivity contribution in [1.82, 2.24) is 29.5 Å². The van der Waals surface area contributed by atoms with Crippen LogP contribution in [0.5, 0.6) is 5.88 Å². The summed E-state index contributed by atoms with van der Waals surface area (Å²) in [6, 6.07) is 10.4. The van der Waals surface area contributed by atoms with Crippen molar-refractivity contribution in [3.63, 3.8) is 0 Å². The summed E-state index contributed by atoms with van der Waals surface area (Å²) >= 11 is 0. The molecule has 1 saturated carbocycles. The van der Waals surface area contributed by atoms with Crippen LogP contribution >= 0.6 is 0 Å². The summed E-state index contributed by atoms with van der Waals surface area (Å²) in [7, 11) is 0. The zero-order valence-electron chi connectivity index (χ0n) is 16.9. The third-order valence-electron chi connectivity index (χ3n) is 5.17. The first-order chi connectivity index (χ1) is 15.1. The molecule has 3 heterocycles. The number of aromatic hydroxyl groups is 1. The molecule has 0 amide bonds. The highest BCUT2D eigenvalue weighted by atomic mass is 16.3. The van der Waals surface area contributed by atoms with Crippen LogP contribution < -0.4 is 21.8 Å². The number of hydrogen-bond donors (Lipinski definition) is 4. The maximum Gasteiger partial charge on any atom is 0.326 e. The Labute approximate surface area is 176 Å². The lowest BCUT2D eigenvalue weighted by atomic mass is 10.1. The molecule has 1 atom stereocenters. The van der Waals surface area contributed by atoms with Gasteiger partial charge in [0, 0.05) is 5.22 Å². The van der Waals surface area contributed by atoms with Crippen molar-refractivity contribution < 1.29 is 5.11 Å². The normalized spacial score (nSPS) is 16.2. The smallest absolute Gasteiger partial charge is 0.326 e. The number of benzene rings is 1. The van der Waals surface area contributed by atoms with Crippen molar-refractivity contribution in [2.45, 2.75) is 38.3 Å². The van der Waals surface area contributed by atoms with Crippen molar-refractivity contribution in [3.05, 3.63) is 69.1 Å². The number of hydrogen-bond acceptors (Lipinski definition) is 7. The molecule has 1 aliphatic rings. The highest BCUT2D eigenvalue weighted by Crippen LogP contribution is 2.23. The zero-order chi connectivity index (χ0) is 21.4. The molecule has 5 rings (SSSR count). The monoisotopic (exact) mass is 418 g/mol. The number of aromatic amines is 2. The minimum absolute atomic E-state index is 0.0397. The average Bonchev–Trinajstić information content (AvgIpc) is 3.41. The van der Waals surface area contributed by atoms with E-state index in [1.165, 1.54) is 0 Å². The third-order valence-corrected chi connectivity index (χ3v) is 5.17. The number of nitrogens with one attached hydrogen (secondary N) is 3. The second-order valence-corrected chi connectivity index (χ2v) is 7.54. The van der Waals surface area contributed by atoms with Crippen LogP contribution in [0.4, 0.5) is 5.95 Å². The molecule has 0 unspecified atom stereocenters. The number of imidazole rings is 1. The predicted molar refractivity (Wildman–Crippen MR) is 114 cm³/mol. The van der Waals surface area contributed by atoms with Gasteiger partial charge < -0.3 is 15.4 Å². The molecule has 4 N–H and O–H groups in total. The Hall–Kier alpha value is -3.95. The van der Waals surface area contributed by atoms with Crippen molar-refractivity contribution in [2.75, 3.05) is 5.32 Å². The van der Waals surface area contributed by atoms with Gasteiger partial charge in [0.15, 0.2) is 5.65 Å². The van der Waals surface area contributed by atoms with Gasteiger partial charge in [-0.05, 0) is 30.9 Å². The topological polar surface area (TPSA) is 136 Å². The van der Waals surface area contributed by atoms with Crippen LogP contribution in [0.25, 0.3) is 11.7 Å². The van der Waals surface area contributed by atoms with Crippen LogP contribution in [0.1, 0.15) is 43.5 Å². The highest BCUT2D eigenvalue weighted by molar-refractivity contribution is 5.57. The van der Waals surface area contributed by atoms with E-state index < -0.39 is 5.69 Å². The predicted octanol–water partition coefficient (Wildman–Crippen LogP) is 1.02. The van der Waals surface area contributed by atoms with Crippen molar-refractivity contribution in [2.24, 2.45) is 4.99 Å². The molecule has 1 aromatic carbocycles. The van der Waals surface area contributed by atoms with Gasteiger partial charge in [0.05, 0.1) is 18.3 Å². The minimum atomic E-state index is -0.490. The number of nitrogens with zero attached hydrogens (tertiary/aromatic N) is 5. The fourth-order valence-electron chi connectivity index (χ4n) is 3.41. The van der Waals surface area contributed by atoms with Crippen LogP contribution in [0, 0.1) is 0 Å². The van der Waals surface area contributed by atoms with E-state index >= 15 is 0 Å². The average molecular weight is 418 g/mol. The van der Waals surface area contributed by atoms with E-state index in [0.717, 1.165) is 24.8 Å². The van der Waals surface area contributed by atoms with E-state index in [-0.39, 0.29) is 23.7 Å². The SMILES string of the molecule is CC[C@@H](Nc1nc(=NC2CC2)n2nc/c(=C\c3[nH]c(=O)[nH]c3O)c2n1)c1ccccc1. The molecule has 1 aliphatic carbocycles. The van der Waals surface area contributed by atoms with Gasteiger partial charge in [-0.2, -0.15) is 19.6 Å². The molecule has 10 heteroatoms. The lowest BCUT2D eigenvalue weighted by Crippen LogP contribution is -2.25.